The van der Waals surface area contributed by atoms with E-state index in [9.17, 15) is 41.5 Å². The number of esters is 2. The van der Waals surface area contributed by atoms with Crippen molar-refractivity contribution in [2.24, 2.45) is 0 Å². The minimum absolute atomic E-state index is 0.00958. The molecule has 610 valence electrons. The summed E-state index contributed by atoms with van der Waals surface area (Å²) >= 11 is 5.81. The average molecular weight is 1640 g/mol. The van der Waals surface area contributed by atoms with Crippen molar-refractivity contribution in [2.45, 2.75) is 149 Å². The topological polar surface area (TPSA) is 353 Å². The lowest BCUT2D eigenvalue weighted by atomic mass is 10.0. The van der Waals surface area contributed by atoms with Gasteiger partial charge in [-0.1, -0.05) is 29.8 Å². The number of aromatic nitrogens is 15. The Bertz CT molecular complexity index is 6080. The lowest BCUT2D eigenvalue weighted by molar-refractivity contribution is -0.150. The van der Waals surface area contributed by atoms with Crippen molar-refractivity contribution < 1.29 is 64.9 Å². The highest BCUT2D eigenvalue weighted by Crippen LogP contribution is 2.42. The van der Waals surface area contributed by atoms with Crippen LogP contribution in [0.15, 0.2) is 91.4 Å². The number of anilines is 5. The van der Waals surface area contributed by atoms with E-state index in [4.69, 9.17) is 31.9 Å². The number of rotatable bonds is 12. The molecule has 6 aliphatic rings. The van der Waals surface area contributed by atoms with Crippen molar-refractivity contribution >= 4 is 104 Å². The highest BCUT2D eigenvalue weighted by Gasteiger charge is 2.37. The Morgan fingerprint density at radius 1 is 0.449 bits per heavy atom. The van der Waals surface area contributed by atoms with E-state index in [1.807, 2.05) is 31.9 Å². The van der Waals surface area contributed by atoms with Crippen molar-refractivity contribution in [1.82, 2.24) is 88.2 Å². The number of fused-ring (bicyclic) bond motifs is 12. The summed E-state index contributed by atoms with van der Waals surface area (Å²) in [6.45, 7) is 16.7. The van der Waals surface area contributed by atoms with Crippen molar-refractivity contribution in [2.75, 3.05) is 55.8 Å². The first-order valence-corrected chi connectivity index (χ1v) is 38.5. The number of nitrogen functional groups attached to an aromatic ring is 1. The van der Waals surface area contributed by atoms with Gasteiger partial charge in [0.25, 0.3) is 11.8 Å². The molecule has 6 aliphatic heterocycles. The number of carbonyl (C=O) groups excluding carboxylic acids is 5. The van der Waals surface area contributed by atoms with Gasteiger partial charge >= 0.3 is 11.9 Å². The van der Waals surface area contributed by atoms with Crippen LogP contribution in [0.3, 0.4) is 0 Å². The van der Waals surface area contributed by atoms with Crippen LogP contribution in [0.2, 0.25) is 5.15 Å². The lowest BCUT2D eigenvalue weighted by Gasteiger charge is -2.28. The third-order valence-electron chi connectivity index (χ3n) is 21.7. The number of carbonyl (C=O) groups is 5. The number of ether oxygens (including phenoxy) is 2. The van der Waals surface area contributed by atoms with Crippen LogP contribution in [0.4, 0.5) is 55.8 Å². The molecule has 18 rings (SSSR count). The van der Waals surface area contributed by atoms with Crippen LogP contribution in [-0.4, -0.2) is 162 Å². The van der Waals surface area contributed by atoms with E-state index in [0.29, 0.717) is 109 Å². The number of hydrogen-bond donors (Lipinski definition) is 4. The van der Waals surface area contributed by atoms with Gasteiger partial charge in [-0.25, -0.2) is 86.2 Å². The van der Waals surface area contributed by atoms with Crippen LogP contribution in [0.5, 0.6) is 0 Å². The van der Waals surface area contributed by atoms with Gasteiger partial charge < -0.3 is 59.3 Å². The van der Waals surface area contributed by atoms with Crippen molar-refractivity contribution in [3.8, 4) is 33.8 Å². The third kappa shape index (κ3) is 16.5. The molecule has 0 atom stereocenters. The summed E-state index contributed by atoms with van der Waals surface area (Å²) in [6, 6.07) is 19.6. The molecule has 5 N–H and O–H groups in total. The Morgan fingerprint density at radius 2 is 0.797 bits per heavy atom. The Balaban J connectivity index is 0.000000129. The van der Waals surface area contributed by atoms with Crippen LogP contribution < -0.4 is 16.4 Å². The zero-order chi connectivity index (χ0) is 83.6. The molecule has 0 radical (unpaired) electrons. The normalized spacial score (nSPS) is 15.6. The molecule has 0 unspecified atom stereocenters. The minimum Gasteiger partial charge on any atom is -0.456 e. The summed E-state index contributed by atoms with van der Waals surface area (Å²) in [5.74, 6) is -1.69. The van der Waals surface area contributed by atoms with E-state index < -0.39 is 53.4 Å². The van der Waals surface area contributed by atoms with Crippen LogP contribution in [0.25, 0.3) is 66.9 Å². The number of amides is 3. The van der Waals surface area contributed by atoms with E-state index in [1.165, 1.54) is 32.0 Å². The molecule has 0 saturated heterocycles. The van der Waals surface area contributed by atoms with Crippen LogP contribution in [0, 0.1) is 34.9 Å². The van der Waals surface area contributed by atoms with E-state index in [0.717, 1.165) is 108 Å². The van der Waals surface area contributed by atoms with Crippen molar-refractivity contribution in [3.63, 3.8) is 0 Å². The molecule has 3 aromatic carbocycles. The monoisotopic (exact) mass is 1640 g/mol. The van der Waals surface area contributed by atoms with Gasteiger partial charge in [0, 0.05) is 142 Å². The fourth-order valence-electron chi connectivity index (χ4n) is 15.8. The number of hydrogen-bond acceptors (Lipinski definition) is 23. The second-order valence-corrected chi connectivity index (χ2v) is 31.6. The predicted molar refractivity (Wildman–Crippen MR) is 421 cm³/mol. The van der Waals surface area contributed by atoms with Gasteiger partial charge in [0.15, 0.2) is 48.1 Å². The maximum absolute atomic E-state index is 15.1. The second-order valence-electron chi connectivity index (χ2n) is 31.2. The SMILES string of the molecule is CC(=O)OCC(=O)N1CCc2nc(Cl)ccc2C1.CC(=O)OCC(=O)N1CCc2nc(Nc3ncc(F)c(-c4cc(F)c5nc6n(c5c4)C(C)(C)CC6)n3)ccc2C1.CC1(C)CCc2nc3c(F)cc(-c4nc(N)ncc4F)cc3n21.CC1(C)CCc2nc3c(F)cc(-c4nc(Nc5ccc6c(n5)CCN(C(=O)CO)C6)ncc4F)cc3n21. The maximum atomic E-state index is 15.1. The molecule has 0 fully saturated rings. The van der Waals surface area contributed by atoms with E-state index in [1.54, 1.807) is 51.1 Å². The zero-order valence-electron chi connectivity index (χ0n) is 65.5. The van der Waals surface area contributed by atoms with Crippen LogP contribution >= 0.6 is 11.6 Å². The van der Waals surface area contributed by atoms with Gasteiger partial charge in [0.05, 0.1) is 35.1 Å². The molecule has 36 heteroatoms. The predicted octanol–water partition coefficient (Wildman–Crippen LogP) is 11.7. The maximum Gasteiger partial charge on any atom is 0.303 e. The van der Waals surface area contributed by atoms with E-state index in [-0.39, 0.29) is 99.1 Å². The fourth-order valence-corrected chi connectivity index (χ4v) is 15.9. The number of halogens is 7. The summed E-state index contributed by atoms with van der Waals surface area (Å²) in [5, 5.41) is 15.6. The van der Waals surface area contributed by atoms with Gasteiger partial charge in [-0.2, -0.15) is 0 Å². The fraction of sp³-hybridized carbons (Fsp3) is 0.354. The van der Waals surface area contributed by atoms with Gasteiger partial charge in [0.2, 0.25) is 23.8 Å². The Labute approximate surface area is 675 Å². The number of nitrogens with two attached hydrogens (primary N) is 1. The Hall–Kier alpha value is -12.7. The molecule has 3 amide bonds. The molecule has 0 aliphatic carbocycles. The first-order chi connectivity index (χ1) is 56.2. The van der Waals surface area contributed by atoms with Crippen molar-refractivity contribution in [3.05, 3.63) is 183 Å². The molecular formula is C82H80ClF6N21O8. The number of pyridine rings is 3. The summed E-state index contributed by atoms with van der Waals surface area (Å²) in [6.07, 6.45) is 9.84. The molecule has 0 spiro atoms. The van der Waals surface area contributed by atoms with Gasteiger partial charge in [-0.3, -0.25) is 24.0 Å². The van der Waals surface area contributed by atoms with E-state index >= 15 is 8.78 Å². The van der Waals surface area contributed by atoms with E-state index in [2.05, 4.69) is 112 Å². The number of aliphatic hydroxyl groups is 1. The summed E-state index contributed by atoms with van der Waals surface area (Å²) in [5.41, 5.74) is 13.8. The molecule has 0 saturated carbocycles. The summed E-state index contributed by atoms with van der Waals surface area (Å²) in [4.78, 5) is 113. The molecule has 0 bridgehead atoms. The highest BCUT2D eigenvalue weighted by atomic mass is 35.5. The number of imidazole rings is 3. The second kappa shape index (κ2) is 32.1. The third-order valence-corrected chi connectivity index (χ3v) is 21.9. The number of aryl methyl sites for hydroxylation is 3. The van der Waals surface area contributed by atoms with Crippen LogP contribution in [-0.2, 0) is 108 Å². The molecule has 118 heavy (non-hydrogen) atoms. The van der Waals surface area contributed by atoms with Crippen molar-refractivity contribution in [1.29, 1.82) is 0 Å². The number of nitrogens with zero attached hydrogens (tertiary/aromatic N) is 18. The highest BCUT2D eigenvalue weighted by molar-refractivity contribution is 6.29. The molecule has 15 heterocycles. The standard InChI is InChI=1S/C28H27F2N7O3.C26H25F2N7O2.C16H15F2N5.C12H13ClN2O3/c1-15(38)40-14-24(39)36-9-7-20-16(13-36)4-5-22(32-20)33-27-31-12-19(30)25(35-27)17-10-18(29)26-21(11-17)37-23(34-26)6-8-28(37,2)3;1-26(2)7-5-21-32-24-16(27)9-15(10-19(24)35(21)26)23-17(28)11-29-25(33-23)31-20-4-3-14-12-34(22(37)13-36)8-6-18(14)30-20;1-16(2)4-3-12-21-14-9(17)5-8(6-11(14)23(12)16)13-10(18)7-20-15(19)22-13;1-8(16)18-7-12(17)15-5-4-10-9(6-15)2-3-11(13)14-10/h4-5,10-12H,6-9,13-14H2,1-3H3,(H,31,32,33,35);3-4,9-11,36H,5-8,12-13H2,1-2H3,(H,29,30,31,33);5-7H,3-4H2,1-2H3,(H2,19,20,22);2-3H,4-7H2,1H3. The van der Waals surface area contributed by atoms with Gasteiger partial charge in [-0.15, -0.1) is 0 Å². The van der Waals surface area contributed by atoms with Gasteiger partial charge in [-0.05, 0) is 132 Å². The largest absolute Gasteiger partial charge is 0.456 e. The Kier molecular flexibility index (Phi) is 21.9. The number of nitrogens with one attached hydrogen (secondary N) is 2. The molecular weight excluding hydrogens is 1560 g/mol. The minimum atomic E-state index is -0.679. The molecule has 29 nitrogen and oxygen atoms in total. The summed E-state index contributed by atoms with van der Waals surface area (Å²) < 4.78 is 104. The Morgan fingerprint density at radius 3 is 1.17 bits per heavy atom. The zero-order valence-corrected chi connectivity index (χ0v) is 66.2. The van der Waals surface area contributed by atoms with Gasteiger partial charge in [0.1, 0.15) is 74.5 Å². The quantitative estimate of drug-likeness (QED) is 0.0501. The smallest absolute Gasteiger partial charge is 0.303 e. The average Bonchev–Trinajstić information content (AvgIpc) is 1.59. The number of benzene rings is 3. The van der Waals surface area contributed by atoms with Crippen LogP contribution in [0.1, 0.15) is 126 Å². The number of aliphatic hydroxyl groups excluding tert-OH is 1. The molecule has 12 aromatic rings. The first kappa shape index (κ1) is 80.5. The first-order valence-electron chi connectivity index (χ1n) is 38.1. The lowest BCUT2D eigenvalue weighted by Crippen LogP contribution is -2.38. The summed E-state index contributed by atoms with van der Waals surface area (Å²) in [7, 11) is 0. The molecule has 9 aromatic heterocycles.